The molecule has 94 valence electrons. The Hall–Kier alpha value is -2.14. The summed E-state index contributed by atoms with van der Waals surface area (Å²) in [6, 6.07) is 12.7. The van der Waals surface area contributed by atoms with Gasteiger partial charge in [-0.3, -0.25) is 4.40 Å². The van der Waals surface area contributed by atoms with E-state index in [0.717, 1.165) is 15.6 Å². The average molecular weight is 317 g/mol. The van der Waals surface area contributed by atoms with Gasteiger partial charge in [0.2, 0.25) is 0 Å². The number of carbonyl (C=O) groups is 1. The Morgan fingerprint density at radius 2 is 1.95 bits per heavy atom. The van der Waals surface area contributed by atoms with Gasteiger partial charge in [-0.05, 0) is 18.2 Å². The number of halogens is 1. The zero-order valence-electron chi connectivity index (χ0n) is 9.75. The molecule has 0 aliphatic heterocycles. The third kappa shape index (κ3) is 1.92. The van der Waals surface area contributed by atoms with Gasteiger partial charge in [-0.2, -0.15) is 0 Å². The largest absolute Gasteiger partial charge is 0.477 e. The number of imidazole rings is 1. The van der Waals surface area contributed by atoms with E-state index in [2.05, 4.69) is 20.9 Å². The van der Waals surface area contributed by atoms with E-state index in [1.165, 1.54) is 0 Å². The van der Waals surface area contributed by atoms with Crippen molar-refractivity contribution in [1.29, 1.82) is 0 Å². The second kappa shape index (κ2) is 4.51. The van der Waals surface area contributed by atoms with Crippen LogP contribution in [0.4, 0.5) is 0 Å². The summed E-state index contributed by atoms with van der Waals surface area (Å²) in [5, 5.41) is 9.28. The lowest BCUT2D eigenvalue weighted by Gasteiger charge is -2.06. The van der Waals surface area contributed by atoms with Gasteiger partial charge < -0.3 is 5.11 Å². The van der Waals surface area contributed by atoms with E-state index >= 15 is 0 Å². The number of benzene rings is 1. The lowest BCUT2D eigenvalue weighted by Crippen LogP contribution is -2.05. The normalized spacial score (nSPS) is 10.8. The molecule has 0 unspecified atom stereocenters. The molecule has 0 fully saturated rings. The Morgan fingerprint density at radius 1 is 1.16 bits per heavy atom. The van der Waals surface area contributed by atoms with Crippen molar-refractivity contribution in [2.75, 3.05) is 0 Å². The van der Waals surface area contributed by atoms with Gasteiger partial charge in [0.05, 0.1) is 11.7 Å². The minimum absolute atomic E-state index is 0.195. The number of rotatable bonds is 2. The summed E-state index contributed by atoms with van der Waals surface area (Å²) < 4.78 is 2.52. The molecule has 0 aliphatic carbocycles. The van der Waals surface area contributed by atoms with Crippen molar-refractivity contribution < 1.29 is 9.90 Å². The third-order valence-corrected chi connectivity index (χ3v) is 3.58. The van der Waals surface area contributed by atoms with Gasteiger partial charge in [0.25, 0.3) is 0 Å². The summed E-state index contributed by atoms with van der Waals surface area (Å²) in [6.07, 6.45) is 1.67. The predicted molar refractivity (Wildman–Crippen MR) is 75.3 cm³/mol. The molecule has 0 radical (unpaired) electrons. The number of carboxylic acid groups (broad SMARTS) is 1. The van der Waals surface area contributed by atoms with Crippen LogP contribution in [0.5, 0.6) is 0 Å². The van der Waals surface area contributed by atoms with Gasteiger partial charge in [0.1, 0.15) is 11.5 Å². The Morgan fingerprint density at radius 3 is 2.68 bits per heavy atom. The molecule has 1 N–H and O–H groups in total. The van der Waals surface area contributed by atoms with Crippen molar-refractivity contribution in [3.8, 4) is 11.4 Å². The SMILES string of the molecule is O=C(O)c1cccc2cnc(-c3ccccc3Br)n12. The smallest absolute Gasteiger partial charge is 0.352 e. The first kappa shape index (κ1) is 11.9. The molecule has 0 amide bonds. The van der Waals surface area contributed by atoms with E-state index in [-0.39, 0.29) is 5.69 Å². The van der Waals surface area contributed by atoms with E-state index in [4.69, 9.17) is 0 Å². The quantitative estimate of drug-likeness (QED) is 0.787. The monoisotopic (exact) mass is 316 g/mol. The molecule has 0 saturated carbocycles. The number of carboxylic acids is 1. The molecule has 2 heterocycles. The summed E-state index contributed by atoms with van der Waals surface area (Å²) in [7, 11) is 0. The average Bonchev–Trinajstić information content (AvgIpc) is 2.82. The Bertz CT molecular complexity index is 780. The molecular formula is C14H9BrN2O2. The van der Waals surface area contributed by atoms with Crippen LogP contribution >= 0.6 is 15.9 Å². The summed E-state index contributed by atoms with van der Waals surface area (Å²) in [6.45, 7) is 0. The van der Waals surface area contributed by atoms with Crippen LogP contribution in [0.3, 0.4) is 0 Å². The number of aromatic carboxylic acids is 1. The van der Waals surface area contributed by atoms with Gasteiger partial charge >= 0.3 is 5.97 Å². The van der Waals surface area contributed by atoms with E-state index in [9.17, 15) is 9.90 Å². The van der Waals surface area contributed by atoms with Crippen LogP contribution < -0.4 is 0 Å². The second-order valence-electron chi connectivity index (χ2n) is 4.04. The van der Waals surface area contributed by atoms with Crippen molar-refractivity contribution in [2.45, 2.75) is 0 Å². The van der Waals surface area contributed by atoms with Crippen LogP contribution in [0.25, 0.3) is 16.9 Å². The summed E-state index contributed by atoms with van der Waals surface area (Å²) in [5.74, 6) is -0.364. The molecule has 1 aromatic carbocycles. The lowest BCUT2D eigenvalue weighted by molar-refractivity contribution is 0.0689. The van der Waals surface area contributed by atoms with Gasteiger partial charge in [-0.15, -0.1) is 0 Å². The lowest BCUT2D eigenvalue weighted by atomic mass is 10.2. The van der Waals surface area contributed by atoms with Crippen LogP contribution in [0, 0.1) is 0 Å². The first-order chi connectivity index (χ1) is 9.18. The number of hydrogen-bond donors (Lipinski definition) is 1. The highest BCUT2D eigenvalue weighted by Gasteiger charge is 2.15. The van der Waals surface area contributed by atoms with E-state index in [1.807, 2.05) is 30.3 Å². The highest BCUT2D eigenvalue weighted by Crippen LogP contribution is 2.28. The van der Waals surface area contributed by atoms with Crippen molar-refractivity contribution in [1.82, 2.24) is 9.38 Å². The molecule has 0 atom stereocenters. The van der Waals surface area contributed by atoms with Crippen molar-refractivity contribution in [3.05, 3.63) is 58.8 Å². The van der Waals surface area contributed by atoms with E-state index in [1.54, 1.807) is 22.7 Å². The molecule has 0 aliphatic rings. The molecule has 3 aromatic rings. The van der Waals surface area contributed by atoms with Gasteiger partial charge in [-0.1, -0.05) is 40.2 Å². The minimum atomic E-state index is -0.975. The maximum Gasteiger partial charge on any atom is 0.352 e. The van der Waals surface area contributed by atoms with Crippen LogP contribution in [0.1, 0.15) is 10.5 Å². The third-order valence-electron chi connectivity index (χ3n) is 2.88. The first-order valence-corrected chi connectivity index (χ1v) is 6.42. The summed E-state index contributed by atoms with van der Waals surface area (Å²) in [4.78, 5) is 15.7. The van der Waals surface area contributed by atoms with Gasteiger partial charge in [-0.25, -0.2) is 9.78 Å². The van der Waals surface area contributed by atoms with Crippen molar-refractivity contribution >= 4 is 27.4 Å². The molecule has 0 spiro atoms. The number of hydrogen-bond acceptors (Lipinski definition) is 2. The van der Waals surface area contributed by atoms with Gasteiger partial charge in [0, 0.05) is 10.0 Å². The maximum absolute atomic E-state index is 11.3. The van der Waals surface area contributed by atoms with Crippen LogP contribution in [0.2, 0.25) is 0 Å². The van der Waals surface area contributed by atoms with Crippen LogP contribution in [-0.2, 0) is 0 Å². The fourth-order valence-electron chi connectivity index (χ4n) is 2.05. The number of nitrogens with zero attached hydrogens (tertiary/aromatic N) is 2. The topological polar surface area (TPSA) is 54.6 Å². The van der Waals surface area contributed by atoms with Crippen molar-refractivity contribution in [3.63, 3.8) is 0 Å². The van der Waals surface area contributed by atoms with E-state index < -0.39 is 5.97 Å². The molecular weight excluding hydrogens is 308 g/mol. The number of fused-ring (bicyclic) bond motifs is 1. The second-order valence-corrected chi connectivity index (χ2v) is 4.89. The van der Waals surface area contributed by atoms with Gasteiger partial charge in [0.15, 0.2) is 0 Å². The fraction of sp³-hybridized carbons (Fsp3) is 0. The molecule has 0 saturated heterocycles. The fourth-order valence-corrected chi connectivity index (χ4v) is 2.51. The molecule has 4 nitrogen and oxygen atoms in total. The predicted octanol–water partition coefficient (Wildman–Crippen LogP) is 3.46. The van der Waals surface area contributed by atoms with Crippen LogP contribution in [-0.4, -0.2) is 20.5 Å². The first-order valence-electron chi connectivity index (χ1n) is 5.63. The Kier molecular flexibility index (Phi) is 2.83. The highest BCUT2D eigenvalue weighted by molar-refractivity contribution is 9.10. The Labute approximate surface area is 117 Å². The molecule has 3 rings (SSSR count). The molecule has 2 aromatic heterocycles. The van der Waals surface area contributed by atoms with Crippen LogP contribution in [0.15, 0.2) is 53.1 Å². The molecule has 0 bridgehead atoms. The van der Waals surface area contributed by atoms with E-state index in [0.29, 0.717) is 5.82 Å². The zero-order valence-corrected chi connectivity index (χ0v) is 11.3. The maximum atomic E-state index is 11.3. The minimum Gasteiger partial charge on any atom is -0.477 e. The molecule has 5 heteroatoms. The number of aromatic nitrogens is 2. The molecule has 19 heavy (non-hydrogen) atoms. The summed E-state index contributed by atoms with van der Waals surface area (Å²) >= 11 is 3.46. The summed E-state index contributed by atoms with van der Waals surface area (Å²) in [5.41, 5.74) is 1.81. The number of pyridine rings is 1. The Balaban J connectivity index is 2.37. The standard InChI is InChI=1S/C14H9BrN2O2/c15-11-6-2-1-5-10(11)13-16-8-9-4-3-7-12(14(18)19)17(9)13/h1-8H,(H,18,19). The highest BCUT2D eigenvalue weighted by atomic mass is 79.9. The zero-order chi connectivity index (χ0) is 13.4. The van der Waals surface area contributed by atoms with Crippen molar-refractivity contribution in [2.24, 2.45) is 0 Å².